The van der Waals surface area contributed by atoms with E-state index >= 15 is 0 Å². The maximum absolute atomic E-state index is 11.3. The van der Waals surface area contributed by atoms with Crippen LogP contribution in [0.4, 0.5) is 5.82 Å². The highest BCUT2D eigenvalue weighted by Gasteiger charge is 2.27. The van der Waals surface area contributed by atoms with Crippen molar-refractivity contribution in [3.63, 3.8) is 0 Å². The van der Waals surface area contributed by atoms with Crippen molar-refractivity contribution < 1.29 is 4.79 Å². The summed E-state index contributed by atoms with van der Waals surface area (Å²) < 4.78 is 1.93. The normalized spacial score (nSPS) is 19.8. The molecule has 1 aromatic rings. The Morgan fingerprint density at radius 1 is 1.56 bits per heavy atom. The number of nitrogens with zero attached hydrogens (tertiary/aromatic N) is 3. The molecule has 0 saturated carbocycles. The number of amides is 1. The first-order valence-electron chi connectivity index (χ1n) is 6.45. The second kappa shape index (κ2) is 5.39. The lowest BCUT2D eigenvalue weighted by Crippen LogP contribution is -2.48. The molecular weight excluding hydrogens is 230 g/mol. The van der Waals surface area contributed by atoms with Gasteiger partial charge in [0.2, 0.25) is 5.91 Å². The van der Waals surface area contributed by atoms with Crippen molar-refractivity contribution in [2.24, 2.45) is 5.73 Å². The highest BCUT2D eigenvalue weighted by molar-refractivity contribution is 5.79. The molecule has 6 heteroatoms. The lowest BCUT2D eigenvalue weighted by atomic mass is 10.0. The fourth-order valence-electron chi connectivity index (χ4n) is 2.66. The topological polar surface area (TPSA) is 90.2 Å². The first kappa shape index (κ1) is 12.9. The summed E-state index contributed by atoms with van der Waals surface area (Å²) in [7, 11) is 0. The molecule has 1 aliphatic heterocycles. The zero-order chi connectivity index (χ0) is 13.1. The van der Waals surface area contributed by atoms with Gasteiger partial charge in [-0.1, -0.05) is 6.92 Å². The molecule has 1 aliphatic rings. The van der Waals surface area contributed by atoms with Crippen LogP contribution in [0.2, 0.25) is 0 Å². The molecule has 2 heterocycles. The molecule has 0 aliphatic carbocycles. The molecule has 1 unspecified atom stereocenters. The first-order chi connectivity index (χ1) is 8.61. The number of rotatable bonds is 4. The zero-order valence-corrected chi connectivity index (χ0v) is 10.7. The number of carbonyl (C=O) groups is 1. The number of primary amides is 1. The van der Waals surface area contributed by atoms with Crippen molar-refractivity contribution in [2.45, 2.75) is 38.3 Å². The monoisotopic (exact) mass is 251 g/mol. The molecule has 0 aromatic carbocycles. The van der Waals surface area contributed by atoms with Crippen LogP contribution < -0.4 is 11.5 Å². The van der Waals surface area contributed by atoms with Crippen molar-refractivity contribution in [3.8, 4) is 0 Å². The Morgan fingerprint density at radius 2 is 2.22 bits per heavy atom. The van der Waals surface area contributed by atoms with Crippen molar-refractivity contribution in [1.82, 2.24) is 14.7 Å². The van der Waals surface area contributed by atoms with Crippen LogP contribution in [0, 0.1) is 0 Å². The van der Waals surface area contributed by atoms with Gasteiger partial charge in [0, 0.05) is 19.3 Å². The van der Waals surface area contributed by atoms with Gasteiger partial charge in [-0.2, -0.15) is 5.10 Å². The SMILES string of the molecule is CCC(C(N)=O)N1CCC(n2ccc(N)n2)CC1. The summed E-state index contributed by atoms with van der Waals surface area (Å²) in [5.41, 5.74) is 11.0. The number of anilines is 1. The van der Waals surface area contributed by atoms with Gasteiger partial charge in [0.1, 0.15) is 5.82 Å². The molecule has 0 bridgehead atoms. The fourth-order valence-corrected chi connectivity index (χ4v) is 2.66. The van der Waals surface area contributed by atoms with Gasteiger partial charge in [0.25, 0.3) is 0 Å². The van der Waals surface area contributed by atoms with Crippen LogP contribution in [0.15, 0.2) is 12.3 Å². The van der Waals surface area contributed by atoms with Crippen LogP contribution in [-0.2, 0) is 4.79 Å². The molecule has 1 amide bonds. The maximum atomic E-state index is 11.3. The molecule has 1 saturated heterocycles. The summed E-state index contributed by atoms with van der Waals surface area (Å²) in [6.07, 6.45) is 4.64. The van der Waals surface area contributed by atoms with Gasteiger partial charge >= 0.3 is 0 Å². The molecule has 4 N–H and O–H groups in total. The summed E-state index contributed by atoms with van der Waals surface area (Å²) >= 11 is 0. The molecular formula is C12H21N5O. The summed E-state index contributed by atoms with van der Waals surface area (Å²) in [5.74, 6) is 0.334. The summed E-state index contributed by atoms with van der Waals surface area (Å²) in [6, 6.07) is 2.06. The largest absolute Gasteiger partial charge is 0.382 e. The van der Waals surface area contributed by atoms with Gasteiger partial charge in [-0.25, -0.2) is 0 Å². The van der Waals surface area contributed by atoms with Gasteiger partial charge in [0.05, 0.1) is 12.1 Å². The second-order valence-electron chi connectivity index (χ2n) is 4.81. The van der Waals surface area contributed by atoms with E-state index in [1.807, 2.05) is 23.9 Å². The average Bonchev–Trinajstić information content (AvgIpc) is 2.77. The summed E-state index contributed by atoms with van der Waals surface area (Å²) in [5, 5.41) is 4.24. The smallest absolute Gasteiger partial charge is 0.234 e. The van der Waals surface area contributed by atoms with E-state index in [0.29, 0.717) is 11.9 Å². The van der Waals surface area contributed by atoms with Crippen molar-refractivity contribution in [1.29, 1.82) is 0 Å². The Balaban J connectivity index is 1.93. The van der Waals surface area contributed by atoms with E-state index in [1.165, 1.54) is 0 Å². The molecule has 0 spiro atoms. The molecule has 100 valence electrons. The van der Waals surface area contributed by atoms with Gasteiger partial charge in [0.15, 0.2) is 0 Å². The van der Waals surface area contributed by atoms with E-state index in [4.69, 9.17) is 11.5 Å². The van der Waals surface area contributed by atoms with E-state index in [2.05, 4.69) is 10.00 Å². The first-order valence-corrected chi connectivity index (χ1v) is 6.45. The quantitative estimate of drug-likeness (QED) is 0.808. The Bertz CT molecular complexity index is 408. The summed E-state index contributed by atoms with van der Waals surface area (Å²) in [4.78, 5) is 13.5. The van der Waals surface area contributed by atoms with Crippen molar-refractivity contribution in [3.05, 3.63) is 12.3 Å². The van der Waals surface area contributed by atoms with Crippen molar-refractivity contribution in [2.75, 3.05) is 18.8 Å². The number of likely N-dealkylation sites (tertiary alicyclic amines) is 1. The van der Waals surface area contributed by atoms with E-state index in [-0.39, 0.29) is 11.9 Å². The Morgan fingerprint density at radius 3 is 2.67 bits per heavy atom. The number of nitrogens with two attached hydrogens (primary N) is 2. The van der Waals surface area contributed by atoms with Crippen molar-refractivity contribution >= 4 is 11.7 Å². The third kappa shape index (κ3) is 2.64. The second-order valence-corrected chi connectivity index (χ2v) is 4.81. The minimum Gasteiger partial charge on any atom is -0.382 e. The number of carbonyl (C=O) groups excluding carboxylic acids is 1. The third-order valence-electron chi connectivity index (χ3n) is 3.66. The maximum Gasteiger partial charge on any atom is 0.234 e. The number of aromatic nitrogens is 2. The Hall–Kier alpha value is -1.56. The predicted molar refractivity (Wildman–Crippen MR) is 69.8 cm³/mol. The van der Waals surface area contributed by atoms with Gasteiger partial charge in [-0.05, 0) is 25.3 Å². The van der Waals surface area contributed by atoms with Crippen LogP contribution in [0.5, 0.6) is 0 Å². The average molecular weight is 251 g/mol. The van der Waals surface area contributed by atoms with E-state index in [9.17, 15) is 4.79 Å². The van der Waals surface area contributed by atoms with Gasteiger partial charge in [-0.15, -0.1) is 0 Å². The van der Waals surface area contributed by atoms with Gasteiger partial charge in [-0.3, -0.25) is 14.4 Å². The highest BCUT2D eigenvalue weighted by Crippen LogP contribution is 2.24. The molecule has 1 fully saturated rings. The third-order valence-corrected chi connectivity index (χ3v) is 3.66. The predicted octanol–water partition coefficient (Wildman–Crippen LogP) is 0.366. The van der Waals surface area contributed by atoms with Crippen LogP contribution in [-0.4, -0.2) is 39.7 Å². The van der Waals surface area contributed by atoms with Gasteiger partial charge < -0.3 is 11.5 Å². The minimum absolute atomic E-state index is 0.131. The van der Waals surface area contributed by atoms with Crippen LogP contribution in [0.1, 0.15) is 32.2 Å². The van der Waals surface area contributed by atoms with E-state index < -0.39 is 0 Å². The van der Waals surface area contributed by atoms with Crippen LogP contribution in [0.25, 0.3) is 0 Å². The lowest BCUT2D eigenvalue weighted by Gasteiger charge is -2.35. The summed E-state index contributed by atoms with van der Waals surface area (Å²) in [6.45, 7) is 3.76. The Kier molecular flexibility index (Phi) is 3.86. The lowest BCUT2D eigenvalue weighted by molar-refractivity contribution is -0.123. The molecule has 0 radical (unpaired) electrons. The standard InChI is InChI=1S/C12H21N5O/c1-2-10(12(14)18)16-6-3-9(4-7-16)17-8-5-11(13)15-17/h5,8-10H,2-4,6-7H2,1H3,(H2,13,15)(H2,14,18). The number of piperidine rings is 1. The molecule has 1 aromatic heterocycles. The van der Waals surface area contributed by atoms with Crippen LogP contribution in [0.3, 0.4) is 0 Å². The number of hydrogen-bond donors (Lipinski definition) is 2. The molecule has 18 heavy (non-hydrogen) atoms. The fraction of sp³-hybridized carbons (Fsp3) is 0.667. The molecule has 2 rings (SSSR count). The van der Waals surface area contributed by atoms with Crippen LogP contribution >= 0.6 is 0 Å². The Labute approximate surface area is 107 Å². The molecule has 6 nitrogen and oxygen atoms in total. The molecule has 1 atom stereocenters. The number of nitrogen functional groups attached to an aromatic ring is 1. The highest BCUT2D eigenvalue weighted by atomic mass is 16.1. The minimum atomic E-state index is -0.223. The number of hydrogen-bond acceptors (Lipinski definition) is 4. The van der Waals surface area contributed by atoms with E-state index in [1.54, 1.807) is 0 Å². The zero-order valence-electron chi connectivity index (χ0n) is 10.7. The van der Waals surface area contributed by atoms with E-state index in [0.717, 1.165) is 32.4 Å².